The number of pyridine rings is 1. The zero-order valence-electron chi connectivity index (χ0n) is 35.2. The number of anilines is 1. The molecule has 1 saturated heterocycles. The third-order valence-electron chi connectivity index (χ3n) is 11.5. The van der Waals surface area contributed by atoms with Crippen molar-refractivity contribution in [1.29, 1.82) is 0 Å². The fraction of sp³-hybridized carbons (Fsp3) is 0.523. The van der Waals surface area contributed by atoms with E-state index in [-0.39, 0.29) is 19.4 Å². The summed E-state index contributed by atoms with van der Waals surface area (Å²) in [6, 6.07) is 13.3. The minimum atomic E-state index is -3.91. The molecular formula is C44H56N6O9S. The van der Waals surface area contributed by atoms with Crippen LogP contribution in [0.5, 0.6) is 11.6 Å². The summed E-state index contributed by atoms with van der Waals surface area (Å²) >= 11 is 0. The van der Waals surface area contributed by atoms with Crippen molar-refractivity contribution < 1.29 is 41.8 Å². The lowest BCUT2D eigenvalue weighted by Crippen LogP contribution is -2.58. The molecule has 2 aliphatic heterocycles. The second kappa shape index (κ2) is 16.9. The number of nitrogens with zero attached hydrogens (tertiary/aromatic N) is 3. The molecule has 2 aliphatic carbocycles. The zero-order valence-corrected chi connectivity index (χ0v) is 36.0. The molecule has 3 N–H and O–H groups in total. The summed E-state index contributed by atoms with van der Waals surface area (Å²) in [5.74, 6) is -1.44. The molecule has 5 atom stereocenters. The normalized spacial score (nSPS) is 25.4. The number of rotatable bonds is 9. The highest BCUT2D eigenvalue weighted by atomic mass is 32.2. The Hall–Kier alpha value is -5.38. The summed E-state index contributed by atoms with van der Waals surface area (Å²) in [7, 11) is 1.61. The van der Waals surface area contributed by atoms with Gasteiger partial charge in [-0.15, -0.1) is 0 Å². The number of sulfonamides is 1. The first-order valence-corrected chi connectivity index (χ1v) is 22.3. The van der Waals surface area contributed by atoms with E-state index in [2.05, 4.69) is 15.4 Å². The quantitative estimate of drug-likeness (QED) is 0.240. The number of nitrogens with one attached hydrogen (secondary N) is 3. The van der Waals surface area contributed by atoms with Gasteiger partial charge in [0.05, 0.1) is 24.6 Å². The maximum Gasteiger partial charge on any atom is 0.408 e. The topological polar surface area (TPSA) is 186 Å². The summed E-state index contributed by atoms with van der Waals surface area (Å²) in [6.07, 6.45) is 6.61. The number of ether oxygens (including phenoxy) is 3. The highest BCUT2D eigenvalue weighted by Gasteiger charge is 2.62. The molecule has 4 amide bonds. The highest BCUT2D eigenvalue weighted by molar-refractivity contribution is 7.91. The van der Waals surface area contributed by atoms with Gasteiger partial charge in [-0.2, -0.15) is 0 Å². The summed E-state index contributed by atoms with van der Waals surface area (Å²) in [5, 5.41) is 6.53. The van der Waals surface area contributed by atoms with Crippen molar-refractivity contribution in [3.8, 4) is 22.9 Å². The Morgan fingerprint density at radius 1 is 1.00 bits per heavy atom. The molecule has 4 aliphatic rings. The fourth-order valence-electron chi connectivity index (χ4n) is 7.95. The van der Waals surface area contributed by atoms with E-state index in [4.69, 9.17) is 19.2 Å². The number of alkyl carbamates (subject to hydrolysis) is 1. The van der Waals surface area contributed by atoms with Crippen molar-refractivity contribution in [2.24, 2.45) is 5.92 Å². The maximum atomic E-state index is 14.7. The highest BCUT2D eigenvalue weighted by Crippen LogP contribution is 2.46. The van der Waals surface area contributed by atoms with Gasteiger partial charge in [-0.25, -0.2) is 18.2 Å². The van der Waals surface area contributed by atoms with Gasteiger partial charge >= 0.3 is 6.09 Å². The Balaban J connectivity index is 1.23. The van der Waals surface area contributed by atoms with Gasteiger partial charge in [-0.05, 0) is 101 Å². The Morgan fingerprint density at radius 3 is 2.43 bits per heavy atom. The first kappa shape index (κ1) is 42.7. The van der Waals surface area contributed by atoms with Crippen LogP contribution in [0.4, 0.5) is 10.5 Å². The Kier molecular flexibility index (Phi) is 12.1. The van der Waals surface area contributed by atoms with Crippen molar-refractivity contribution in [2.45, 2.75) is 113 Å². The van der Waals surface area contributed by atoms with E-state index in [1.807, 2.05) is 73.6 Å². The Bertz CT molecular complexity index is 2270. The predicted octanol–water partition coefficient (Wildman–Crippen LogP) is 5.22. The van der Waals surface area contributed by atoms with E-state index in [9.17, 15) is 27.6 Å². The van der Waals surface area contributed by atoms with E-state index in [1.165, 1.54) is 4.90 Å². The number of methoxy groups -OCH3 is 1. The van der Waals surface area contributed by atoms with Crippen LogP contribution in [0.15, 0.2) is 60.7 Å². The molecule has 7 rings (SSSR count). The van der Waals surface area contributed by atoms with Crippen LogP contribution in [-0.4, -0.2) is 104 Å². The van der Waals surface area contributed by atoms with Crippen molar-refractivity contribution in [1.82, 2.24) is 25.2 Å². The van der Waals surface area contributed by atoms with Crippen LogP contribution in [-0.2, 0) is 29.1 Å². The van der Waals surface area contributed by atoms with Gasteiger partial charge in [0.15, 0.2) is 0 Å². The van der Waals surface area contributed by atoms with Gasteiger partial charge in [-0.1, -0.05) is 37.1 Å². The summed E-state index contributed by atoms with van der Waals surface area (Å²) in [5.41, 5.74) is 0.165. The molecule has 16 heteroatoms. The van der Waals surface area contributed by atoms with Crippen LogP contribution in [0, 0.1) is 5.92 Å². The number of hydrogen-bond acceptors (Lipinski definition) is 11. The van der Waals surface area contributed by atoms with Crippen molar-refractivity contribution in [3.63, 3.8) is 0 Å². The number of benzene rings is 2. The first-order valence-electron chi connectivity index (χ1n) is 20.7. The molecular weight excluding hydrogens is 789 g/mol. The molecule has 3 heterocycles. The number of carbonyl (C=O) groups excluding carboxylic acids is 4. The molecule has 3 fully saturated rings. The van der Waals surface area contributed by atoms with Crippen LogP contribution in [0.1, 0.15) is 78.6 Å². The molecule has 60 heavy (non-hydrogen) atoms. The second-order valence-electron chi connectivity index (χ2n) is 17.5. The number of allylic oxidation sites excluding steroid dienone is 1. The monoisotopic (exact) mass is 844 g/mol. The third kappa shape index (κ3) is 9.64. The SMILES string of the molecule is COc1ccc2c(O[C@@H]3C[C@H]4C(=O)N[C@]5(C(=O)NS(=O)(=O)C6CC6)C[C@H]5/C=C\CCCCC[C@H](NC(=O)OC(C)(C)C)C(=O)N4C3)nc(-c3ccc(N(C)C)cc3)cc2c1. The average molecular weight is 845 g/mol. The molecule has 1 aromatic heterocycles. The molecule has 15 nitrogen and oxygen atoms in total. The predicted molar refractivity (Wildman–Crippen MR) is 227 cm³/mol. The van der Waals surface area contributed by atoms with Crippen LogP contribution >= 0.6 is 0 Å². The largest absolute Gasteiger partial charge is 0.497 e. The van der Waals surface area contributed by atoms with Gasteiger partial charge in [0.1, 0.15) is 35.1 Å². The van der Waals surface area contributed by atoms with Crippen molar-refractivity contribution in [3.05, 3.63) is 60.7 Å². The van der Waals surface area contributed by atoms with E-state index >= 15 is 0 Å². The minimum absolute atomic E-state index is 0.0242. The van der Waals surface area contributed by atoms with E-state index < -0.39 is 74.3 Å². The number of amides is 4. The minimum Gasteiger partial charge on any atom is -0.497 e. The number of fused-ring (bicyclic) bond motifs is 3. The summed E-state index contributed by atoms with van der Waals surface area (Å²) in [6.45, 7) is 5.16. The molecule has 322 valence electrons. The van der Waals surface area contributed by atoms with Gasteiger partial charge in [0, 0.05) is 43.1 Å². The molecule has 0 radical (unpaired) electrons. The molecule has 0 unspecified atom stereocenters. The van der Waals surface area contributed by atoms with Crippen molar-refractivity contribution >= 4 is 50.3 Å². The molecule has 0 bridgehead atoms. The lowest BCUT2D eigenvalue weighted by atomic mass is 10.0. The molecule has 2 aromatic carbocycles. The average Bonchev–Trinajstić information content (AvgIpc) is 4.12. The Morgan fingerprint density at radius 2 is 1.75 bits per heavy atom. The summed E-state index contributed by atoms with van der Waals surface area (Å²) in [4.78, 5) is 64.6. The first-order chi connectivity index (χ1) is 28.5. The second-order valence-corrected chi connectivity index (χ2v) is 19.5. The van der Waals surface area contributed by atoms with Gasteiger partial charge in [0.2, 0.25) is 27.7 Å². The van der Waals surface area contributed by atoms with Crippen LogP contribution in [0.2, 0.25) is 0 Å². The van der Waals surface area contributed by atoms with Gasteiger partial charge in [0.25, 0.3) is 5.91 Å². The molecule has 2 saturated carbocycles. The number of hydrogen-bond donors (Lipinski definition) is 3. The van der Waals surface area contributed by atoms with Crippen LogP contribution in [0.25, 0.3) is 22.0 Å². The fourth-order valence-corrected chi connectivity index (χ4v) is 9.32. The van der Waals surface area contributed by atoms with E-state index in [0.29, 0.717) is 54.8 Å². The van der Waals surface area contributed by atoms with Crippen LogP contribution in [0.3, 0.4) is 0 Å². The summed E-state index contributed by atoms with van der Waals surface area (Å²) < 4.78 is 45.9. The zero-order chi connectivity index (χ0) is 43.0. The van der Waals surface area contributed by atoms with Crippen molar-refractivity contribution in [2.75, 3.05) is 32.6 Å². The Labute approximate surface area is 351 Å². The van der Waals surface area contributed by atoms with Crippen LogP contribution < -0.4 is 29.7 Å². The standard InChI is InChI=1S/C44H56N6O9S/c1-43(2,3)59-42(54)46-35-13-11-9-7-8-10-12-29-25-44(29,41(53)48-60(55,56)33-19-20-33)47-38(51)37-24-32(26-50(37)40(35)52)58-39-34-21-18-31(57-6)22-28(34)23-36(45-39)27-14-16-30(17-15-27)49(4)5/h10,12,14-18,21-23,29,32-33,35,37H,7-9,11,13,19-20,24-26H2,1-6H3,(H,46,54)(H,47,51)(H,48,53)/b12-10-/t29-,32-,35+,37+,44-/m1/s1. The lowest BCUT2D eigenvalue weighted by Gasteiger charge is -2.30. The van der Waals surface area contributed by atoms with Gasteiger partial charge in [-0.3, -0.25) is 19.1 Å². The number of carbonyl (C=O) groups is 4. The van der Waals surface area contributed by atoms with Gasteiger partial charge < -0.3 is 34.6 Å². The smallest absolute Gasteiger partial charge is 0.408 e. The molecule has 3 aromatic rings. The lowest BCUT2D eigenvalue weighted by molar-refractivity contribution is -0.141. The number of aromatic nitrogens is 1. The molecule has 0 spiro atoms. The third-order valence-corrected chi connectivity index (χ3v) is 13.3. The maximum absolute atomic E-state index is 14.7. The van der Waals surface area contributed by atoms with E-state index in [1.54, 1.807) is 33.9 Å². The van der Waals surface area contributed by atoms with E-state index in [0.717, 1.165) is 29.5 Å².